The molecule has 0 aliphatic heterocycles. The minimum atomic E-state index is 0.733. The topological polar surface area (TPSA) is 30.9 Å². The van der Waals surface area contributed by atoms with Crippen LogP contribution in [0.15, 0.2) is 24.3 Å². The van der Waals surface area contributed by atoms with E-state index in [9.17, 15) is 0 Å². The van der Waals surface area contributed by atoms with E-state index in [-0.39, 0.29) is 0 Å². The first-order valence-electron chi connectivity index (χ1n) is 4.03. The molecule has 0 atom stereocenters. The van der Waals surface area contributed by atoms with E-state index in [1.165, 1.54) is 0 Å². The van der Waals surface area contributed by atoms with Gasteiger partial charge in [0.2, 0.25) is 0 Å². The van der Waals surface area contributed by atoms with Gasteiger partial charge < -0.3 is 10.3 Å². The third kappa shape index (κ3) is 1.04. The number of benzene rings is 1. The largest absolute Gasteiger partial charge is 0.385 e. The Labute approximate surface area is 82.0 Å². The summed E-state index contributed by atoms with van der Waals surface area (Å²) in [5, 5.41) is 2.76. The molecule has 0 aliphatic carbocycles. The number of aromatic nitrogens is 1. The highest BCUT2D eigenvalue weighted by Crippen LogP contribution is 2.25. The van der Waals surface area contributed by atoms with E-state index in [1.54, 1.807) is 5.37 Å². The molecule has 0 spiro atoms. The SMILES string of the molecule is Cn1c(N)c(C=S)c2ccccc21. The summed E-state index contributed by atoms with van der Waals surface area (Å²) in [7, 11) is 1.94. The molecular weight excluding hydrogens is 180 g/mol. The van der Waals surface area contributed by atoms with E-state index in [4.69, 9.17) is 18.0 Å². The van der Waals surface area contributed by atoms with Gasteiger partial charge in [-0.2, -0.15) is 0 Å². The van der Waals surface area contributed by atoms with Crippen LogP contribution in [-0.4, -0.2) is 9.93 Å². The molecule has 2 aromatic rings. The fourth-order valence-corrected chi connectivity index (χ4v) is 1.81. The maximum Gasteiger partial charge on any atom is 0.112 e. The van der Waals surface area contributed by atoms with Crippen LogP contribution in [0.1, 0.15) is 5.56 Å². The lowest BCUT2D eigenvalue weighted by Gasteiger charge is -1.96. The molecule has 13 heavy (non-hydrogen) atoms. The van der Waals surface area contributed by atoms with Crippen molar-refractivity contribution in [3.8, 4) is 0 Å². The summed E-state index contributed by atoms with van der Waals surface area (Å²) in [5.41, 5.74) is 7.96. The summed E-state index contributed by atoms with van der Waals surface area (Å²) in [6.45, 7) is 0. The number of hydrogen-bond donors (Lipinski definition) is 1. The third-order valence-electron chi connectivity index (χ3n) is 2.31. The lowest BCUT2D eigenvalue weighted by atomic mass is 10.2. The number of nitrogen functional groups attached to an aromatic ring is 1. The van der Waals surface area contributed by atoms with Gasteiger partial charge in [-0.1, -0.05) is 30.4 Å². The molecule has 0 bridgehead atoms. The van der Waals surface area contributed by atoms with Gasteiger partial charge in [-0.25, -0.2) is 0 Å². The predicted octanol–water partition coefficient (Wildman–Crippen LogP) is 2.11. The number of anilines is 1. The molecule has 3 heteroatoms. The van der Waals surface area contributed by atoms with Gasteiger partial charge in [-0.15, -0.1) is 0 Å². The first-order valence-corrected chi connectivity index (χ1v) is 4.51. The number of hydrogen-bond acceptors (Lipinski definition) is 2. The van der Waals surface area contributed by atoms with E-state index in [0.717, 1.165) is 22.3 Å². The second-order valence-corrected chi connectivity index (χ2v) is 3.23. The van der Waals surface area contributed by atoms with Crippen LogP contribution in [0.4, 0.5) is 5.82 Å². The molecule has 66 valence electrons. The van der Waals surface area contributed by atoms with Crippen LogP contribution in [-0.2, 0) is 7.05 Å². The molecule has 2 rings (SSSR count). The summed E-state index contributed by atoms with van der Waals surface area (Å²) in [4.78, 5) is 0. The highest BCUT2D eigenvalue weighted by atomic mass is 32.1. The van der Waals surface area contributed by atoms with Crippen LogP contribution in [0.2, 0.25) is 0 Å². The summed E-state index contributed by atoms with van der Waals surface area (Å²) in [6, 6.07) is 8.05. The van der Waals surface area contributed by atoms with Crippen LogP contribution in [0.3, 0.4) is 0 Å². The first-order chi connectivity index (χ1) is 6.25. The maximum absolute atomic E-state index is 5.89. The Morgan fingerprint density at radius 1 is 1.38 bits per heavy atom. The lowest BCUT2D eigenvalue weighted by molar-refractivity contribution is 0.982. The van der Waals surface area contributed by atoms with E-state index in [2.05, 4.69) is 0 Å². The molecule has 0 radical (unpaired) electrons. The quantitative estimate of drug-likeness (QED) is 0.698. The highest BCUT2D eigenvalue weighted by Gasteiger charge is 2.08. The Bertz CT molecular complexity index is 471. The number of thiocarbonyl (C=S) groups is 1. The standard InChI is InChI=1S/C10H10N2S/c1-12-9-5-3-2-4-7(9)8(6-13)10(12)11/h2-6H,11H2,1H3. The van der Waals surface area contributed by atoms with Crippen molar-refractivity contribution >= 4 is 34.3 Å². The van der Waals surface area contributed by atoms with Crippen LogP contribution in [0.25, 0.3) is 10.9 Å². The Balaban J connectivity index is 2.98. The average Bonchev–Trinajstić information content (AvgIpc) is 2.41. The van der Waals surface area contributed by atoms with Crippen molar-refractivity contribution in [2.24, 2.45) is 7.05 Å². The Kier molecular flexibility index (Phi) is 1.81. The minimum Gasteiger partial charge on any atom is -0.385 e. The van der Waals surface area contributed by atoms with Crippen molar-refractivity contribution < 1.29 is 0 Å². The third-order valence-corrected chi connectivity index (χ3v) is 2.55. The number of nitrogens with zero attached hydrogens (tertiary/aromatic N) is 1. The fourth-order valence-electron chi connectivity index (χ4n) is 1.57. The minimum absolute atomic E-state index is 0.733. The number of para-hydroxylation sites is 1. The number of rotatable bonds is 1. The van der Waals surface area contributed by atoms with Crippen molar-refractivity contribution in [3.05, 3.63) is 29.8 Å². The molecular formula is C10H10N2S. The van der Waals surface area contributed by atoms with E-state index < -0.39 is 0 Å². The normalized spacial score (nSPS) is 10.5. The van der Waals surface area contributed by atoms with Gasteiger partial charge in [-0.3, -0.25) is 0 Å². The molecule has 2 N–H and O–H groups in total. The summed E-state index contributed by atoms with van der Waals surface area (Å²) in [6.07, 6.45) is 0. The molecule has 1 aromatic carbocycles. The van der Waals surface area contributed by atoms with Gasteiger partial charge in [0, 0.05) is 23.4 Å². The first kappa shape index (κ1) is 8.26. The molecule has 0 unspecified atom stereocenters. The molecule has 0 saturated heterocycles. The van der Waals surface area contributed by atoms with Crippen LogP contribution < -0.4 is 5.73 Å². The van der Waals surface area contributed by atoms with E-state index >= 15 is 0 Å². The van der Waals surface area contributed by atoms with E-state index in [1.807, 2.05) is 35.9 Å². The van der Waals surface area contributed by atoms with Crippen molar-refractivity contribution in [2.75, 3.05) is 5.73 Å². The Morgan fingerprint density at radius 2 is 2.08 bits per heavy atom. The van der Waals surface area contributed by atoms with Crippen LogP contribution in [0.5, 0.6) is 0 Å². The van der Waals surface area contributed by atoms with Gasteiger partial charge in [0.25, 0.3) is 0 Å². The van der Waals surface area contributed by atoms with Gasteiger partial charge in [-0.05, 0) is 6.07 Å². The van der Waals surface area contributed by atoms with Gasteiger partial charge in [0.15, 0.2) is 0 Å². The molecule has 0 fully saturated rings. The molecule has 0 saturated carbocycles. The molecule has 2 nitrogen and oxygen atoms in total. The number of fused-ring (bicyclic) bond motifs is 1. The van der Waals surface area contributed by atoms with Crippen molar-refractivity contribution in [1.82, 2.24) is 4.57 Å². The number of aryl methyl sites for hydroxylation is 1. The van der Waals surface area contributed by atoms with E-state index in [0.29, 0.717) is 0 Å². The summed E-state index contributed by atoms with van der Waals surface area (Å²) in [5.74, 6) is 0.733. The molecule has 1 aromatic heterocycles. The zero-order valence-electron chi connectivity index (χ0n) is 7.32. The maximum atomic E-state index is 5.89. The average molecular weight is 190 g/mol. The highest BCUT2D eigenvalue weighted by molar-refractivity contribution is 7.79. The fraction of sp³-hybridized carbons (Fsp3) is 0.100. The summed E-state index contributed by atoms with van der Waals surface area (Å²) >= 11 is 4.93. The zero-order valence-corrected chi connectivity index (χ0v) is 8.14. The lowest BCUT2D eigenvalue weighted by Crippen LogP contribution is -1.97. The summed E-state index contributed by atoms with van der Waals surface area (Å²) < 4.78 is 1.95. The van der Waals surface area contributed by atoms with Gasteiger partial charge in [0.1, 0.15) is 5.82 Å². The Hall–Kier alpha value is -1.35. The second kappa shape index (κ2) is 2.85. The number of nitrogens with two attached hydrogens (primary N) is 1. The molecule has 0 amide bonds. The smallest absolute Gasteiger partial charge is 0.112 e. The monoisotopic (exact) mass is 190 g/mol. The molecule has 1 heterocycles. The van der Waals surface area contributed by atoms with Crippen molar-refractivity contribution in [1.29, 1.82) is 0 Å². The van der Waals surface area contributed by atoms with Crippen LogP contribution in [0, 0.1) is 0 Å². The van der Waals surface area contributed by atoms with Gasteiger partial charge in [0.05, 0.1) is 5.52 Å². The van der Waals surface area contributed by atoms with Crippen LogP contribution >= 0.6 is 12.2 Å². The molecule has 0 aliphatic rings. The van der Waals surface area contributed by atoms with Crippen molar-refractivity contribution in [3.63, 3.8) is 0 Å². The van der Waals surface area contributed by atoms with Crippen molar-refractivity contribution in [2.45, 2.75) is 0 Å². The van der Waals surface area contributed by atoms with Gasteiger partial charge >= 0.3 is 0 Å². The zero-order chi connectivity index (χ0) is 9.42. The predicted molar refractivity (Wildman–Crippen MR) is 60.1 cm³/mol. The second-order valence-electron chi connectivity index (χ2n) is 2.99. The Morgan fingerprint density at radius 3 is 2.77 bits per heavy atom.